The number of oxazole rings is 1. The number of fused-ring (bicyclic) bond motifs is 1. The van der Waals surface area contributed by atoms with Gasteiger partial charge in [-0.2, -0.15) is 0 Å². The molecule has 0 unspecified atom stereocenters. The summed E-state index contributed by atoms with van der Waals surface area (Å²) in [4.78, 5) is 9.07. The fraction of sp³-hybridized carbons (Fsp3) is 0.0400. The van der Waals surface area contributed by atoms with Crippen LogP contribution in [0.15, 0.2) is 88.8 Å². The Morgan fingerprint density at radius 1 is 1.03 bits per heavy atom. The highest BCUT2D eigenvalue weighted by atomic mass is 16.3. The van der Waals surface area contributed by atoms with Gasteiger partial charge in [0.05, 0.1) is 0 Å². The van der Waals surface area contributed by atoms with Crippen LogP contribution in [0, 0.1) is 6.92 Å². The summed E-state index contributed by atoms with van der Waals surface area (Å²) in [6.45, 7) is 5.80. The lowest BCUT2D eigenvalue weighted by atomic mass is 9.96. The molecule has 4 rings (SSSR count). The van der Waals surface area contributed by atoms with Gasteiger partial charge >= 0.3 is 0 Å². The predicted molar refractivity (Wildman–Crippen MR) is 119 cm³/mol. The van der Waals surface area contributed by atoms with Crippen molar-refractivity contribution in [3.05, 3.63) is 96.1 Å². The Labute approximate surface area is 169 Å². The molecule has 1 aromatic heterocycles. The molecule has 3 aromatic carbocycles. The smallest absolute Gasteiger partial charge is 0.227 e. The van der Waals surface area contributed by atoms with Gasteiger partial charge < -0.3 is 9.52 Å². The Morgan fingerprint density at radius 3 is 2.62 bits per heavy atom. The third-order valence-corrected chi connectivity index (χ3v) is 4.70. The Bertz CT molecular complexity index is 1220. The summed E-state index contributed by atoms with van der Waals surface area (Å²) in [5.41, 5.74) is 5.96. The second-order valence-electron chi connectivity index (χ2n) is 6.57. The van der Waals surface area contributed by atoms with Gasteiger partial charge in [-0.3, -0.25) is 4.99 Å². The maximum atomic E-state index is 9.93. The quantitative estimate of drug-likeness (QED) is 0.319. The molecule has 0 radical (unpaired) electrons. The van der Waals surface area contributed by atoms with Crippen LogP contribution in [0.2, 0.25) is 0 Å². The van der Waals surface area contributed by atoms with Crippen molar-refractivity contribution in [2.45, 2.75) is 6.92 Å². The van der Waals surface area contributed by atoms with Crippen LogP contribution in [0.3, 0.4) is 0 Å². The fourth-order valence-corrected chi connectivity index (χ4v) is 3.15. The Morgan fingerprint density at radius 2 is 1.83 bits per heavy atom. The van der Waals surface area contributed by atoms with Crippen LogP contribution < -0.4 is 0 Å². The van der Waals surface area contributed by atoms with Gasteiger partial charge in [0, 0.05) is 11.8 Å². The van der Waals surface area contributed by atoms with Crippen LogP contribution in [0.5, 0.6) is 5.75 Å². The van der Waals surface area contributed by atoms with E-state index in [1.54, 1.807) is 30.5 Å². The van der Waals surface area contributed by atoms with Crippen molar-refractivity contribution in [1.29, 1.82) is 0 Å². The summed E-state index contributed by atoms with van der Waals surface area (Å²) < 4.78 is 5.98. The normalized spacial score (nSPS) is 11.6. The minimum Gasteiger partial charge on any atom is -0.506 e. The summed E-state index contributed by atoms with van der Waals surface area (Å²) in [6.07, 6.45) is 7.37. The lowest BCUT2D eigenvalue weighted by molar-refractivity contribution is 0.477. The molecule has 0 saturated carbocycles. The fourth-order valence-electron chi connectivity index (χ4n) is 3.15. The second kappa shape index (κ2) is 7.98. The standard InChI is InChI=1S/C25H20N2O2/c1-3-4-9-19-17(2)18(16-26-21-10-5-7-12-23(21)28)14-15-20(19)25-27-22-11-6-8-13-24(22)29-25/h3-16,28H,1H2,2H3/b9-4-,26-16?. The Balaban J connectivity index is 1.81. The highest BCUT2D eigenvalue weighted by Gasteiger charge is 2.14. The van der Waals surface area contributed by atoms with Crippen molar-refractivity contribution in [2.24, 2.45) is 4.99 Å². The number of aromatic nitrogens is 1. The lowest BCUT2D eigenvalue weighted by Gasteiger charge is -2.10. The van der Waals surface area contributed by atoms with Gasteiger partial charge in [0.15, 0.2) is 5.58 Å². The van der Waals surface area contributed by atoms with E-state index < -0.39 is 0 Å². The molecule has 142 valence electrons. The van der Waals surface area contributed by atoms with Crippen LogP contribution in [0.4, 0.5) is 5.69 Å². The highest BCUT2D eigenvalue weighted by molar-refractivity contribution is 5.89. The lowest BCUT2D eigenvalue weighted by Crippen LogP contribution is -1.94. The number of allylic oxidation sites excluding steroid dienone is 2. The largest absolute Gasteiger partial charge is 0.506 e. The average molecular weight is 380 g/mol. The molecule has 29 heavy (non-hydrogen) atoms. The van der Waals surface area contributed by atoms with E-state index in [4.69, 9.17) is 4.42 Å². The number of phenols is 1. The molecule has 0 atom stereocenters. The first kappa shape index (κ1) is 18.4. The van der Waals surface area contributed by atoms with E-state index in [-0.39, 0.29) is 5.75 Å². The molecular weight excluding hydrogens is 360 g/mol. The summed E-state index contributed by atoms with van der Waals surface area (Å²) in [7, 11) is 0. The van der Waals surface area contributed by atoms with E-state index in [1.807, 2.05) is 61.5 Å². The van der Waals surface area contributed by atoms with Crippen molar-refractivity contribution in [2.75, 3.05) is 0 Å². The van der Waals surface area contributed by atoms with E-state index in [1.165, 1.54) is 0 Å². The van der Waals surface area contributed by atoms with E-state index in [0.29, 0.717) is 11.6 Å². The molecule has 1 N–H and O–H groups in total. The zero-order chi connectivity index (χ0) is 20.2. The first-order valence-electron chi connectivity index (χ1n) is 9.28. The van der Waals surface area contributed by atoms with E-state index >= 15 is 0 Å². The van der Waals surface area contributed by atoms with Crippen molar-refractivity contribution in [3.8, 4) is 17.2 Å². The molecule has 0 aliphatic carbocycles. The molecule has 0 spiro atoms. The zero-order valence-electron chi connectivity index (χ0n) is 16.0. The number of phenolic OH excluding ortho intramolecular Hbond substituents is 1. The first-order chi connectivity index (χ1) is 14.2. The summed E-state index contributed by atoms with van der Waals surface area (Å²) >= 11 is 0. The van der Waals surface area contributed by atoms with E-state index in [9.17, 15) is 5.11 Å². The topological polar surface area (TPSA) is 58.6 Å². The predicted octanol–water partition coefficient (Wildman–Crippen LogP) is 6.46. The van der Waals surface area contributed by atoms with Crippen molar-refractivity contribution in [3.63, 3.8) is 0 Å². The Hall–Kier alpha value is -3.92. The van der Waals surface area contributed by atoms with Gasteiger partial charge in [0.1, 0.15) is 17.0 Å². The maximum Gasteiger partial charge on any atom is 0.227 e. The third kappa shape index (κ3) is 3.73. The highest BCUT2D eigenvalue weighted by Crippen LogP contribution is 2.31. The first-order valence-corrected chi connectivity index (χ1v) is 9.28. The van der Waals surface area contributed by atoms with Crippen LogP contribution in [0.25, 0.3) is 28.6 Å². The SMILES string of the molecule is C=C/C=C\c1c(-c2nc3ccccc3o2)ccc(C=Nc2ccccc2O)c1C. The number of para-hydroxylation sites is 4. The second-order valence-corrected chi connectivity index (χ2v) is 6.57. The van der Waals surface area contributed by atoms with Crippen LogP contribution in [-0.2, 0) is 0 Å². The molecular formula is C25H20N2O2. The van der Waals surface area contributed by atoms with Crippen molar-refractivity contribution < 1.29 is 9.52 Å². The average Bonchev–Trinajstić information content (AvgIpc) is 3.17. The number of hydrogen-bond acceptors (Lipinski definition) is 4. The van der Waals surface area contributed by atoms with Crippen molar-refractivity contribution in [1.82, 2.24) is 4.98 Å². The van der Waals surface area contributed by atoms with Gasteiger partial charge in [0.25, 0.3) is 0 Å². The minimum absolute atomic E-state index is 0.149. The molecule has 0 aliphatic rings. The number of nitrogens with zero attached hydrogens (tertiary/aromatic N) is 2. The molecule has 1 heterocycles. The summed E-state index contributed by atoms with van der Waals surface area (Å²) in [5.74, 6) is 0.721. The van der Waals surface area contributed by atoms with Gasteiger partial charge in [-0.1, -0.05) is 55.1 Å². The molecule has 0 aliphatic heterocycles. The number of hydrogen-bond donors (Lipinski definition) is 1. The van der Waals surface area contributed by atoms with Crippen molar-refractivity contribution >= 4 is 29.1 Å². The molecule has 0 saturated heterocycles. The summed E-state index contributed by atoms with van der Waals surface area (Å²) in [6, 6.07) is 18.7. The number of benzene rings is 3. The molecule has 4 nitrogen and oxygen atoms in total. The molecule has 4 heteroatoms. The zero-order valence-corrected chi connectivity index (χ0v) is 16.0. The van der Waals surface area contributed by atoms with E-state index in [2.05, 4.69) is 16.6 Å². The third-order valence-electron chi connectivity index (χ3n) is 4.70. The number of aromatic hydroxyl groups is 1. The monoisotopic (exact) mass is 380 g/mol. The van der Waals surface area contributed by atoms with Crippen LogP contribution in [0.1, 0.15) is 16.7 Å². The van der Waals surface area contributed by atoms with Crippen LogP contribution >= 0.6 is 0 Å². The van der Waals surface area contributed by atoms with Gasteiger partial charge in [-0.05, 0) is 53.9 Å². The van der Waals surface area contributed by atoms with E-state index in [0.717, 1.165) is 33.4 Å². The van der Waals surface area contributed by atoms with Crippen LogP contribution in [-0.4, -0.2) is 16.3 Å². The number of aliphatic imine (C=N–C) groups is 1. The minimum atomic E-state index is 0.149. The number of rotatable bonds is 5. The molecule has 0 amide bonds. The molecule has 4 aromatic rings. The van der Waals surface area contributed by atoms with Gasteiger partial charge in [0.2, 0.25) is 5.89 Å². The van der Waals surface area contributed by atoms with Gasteiger partial charge in [-0.25, -0.2) is 4.98 Å². The maximum absolute atomic E-state index is 9.93. The van der Waals surface area contributed by atoms with Gasteiger partial charge in [-0.15, -0.1) is 0 Å². The molecule has 0 fully saturated rings. The Kier molecular flexibility index (Phi) is 5.08. The summed E-state index contributed by atoms with van der Waals surface area (Å²) in [5, 5.41) is 9.93. The molecule has 0 bridgehead atoms.